The summed E-state index contributed by atoms with van der Waals surface area (Å²) in [6, 6.07) is 26.9. The van der Waals surface area contributed by atoms with Crippen molar-refractivity contribution in [1.29, 1.82) is 5.26 Å². The Morgan fingerprint density at radius 1 is 0.955 bits per heavy atom. The Balaban J connectivity index is 1.96. The molecule has 0 aromatic heterocycles. The Morgan fingerprint density at radius 3 is 2.09 bits per heavy atom. The van der Waals surface area contributed by atoms with Crippen LogP contribution in [0.4, 0.5) is 0 Å². The topological polar surface area (TPSA) is 140 Å². The molecule has 0 saturated carbocycles. The molecular formula is C35H39ClN2O6. The van der Waals surface area contributed by atoms with Crippen molar-refractivity contribution < 1.29 is 29.6 Å². The second-order valence-electron chi connectivity index (χ2n) is 11.5. The molecular weight excluding hydrogens is 580 g/mol. The van der Waals surface area contributed by atoms with Gasteiger partial charge >= 0.3 is 11.9 Å². The molecule has 232 valence electrons. The highest BCUT2D eigenvalue weighted by Crippen LogP contribution is 2.60. The lowest BCUT2D eigenvalue weighted by Gasteiger charge is -2.58. The van der Waals surface area contributed by atoms with Crippen LogP contribution in [0.3, 0.4) is 0 Å². The van der Waals surface area contributed by atoms with Gasteiger partial charge in [-0.15, -0.1) is 0 Å². The van der Waals surface area contributed by atoms with Crippen LogP contribution in [0.25, 0.3) is 0 Å². The zero-order chi connectivity index (χ0) is 31.7. The first-order chi connectivity index (χ1) is 21.2. The fraction of sp³-hybridized carbons (Fsp3) is 0.400. The van der Waals surface area contributed by atoms with E-state index in [-0.39, 0.29) is 45.0 Å². The van der Waals surface area contributed by atoms with Crippen LogP contribution in [0, 0.1) is 22.2 Å². The van der Waals surface area contributed by atoms with Gasteiger partial charge in [-0.2, -0.15) is 5.26 Å². The van der Waals surface area contributed by atoms with Crippen LogP contribution in [-0.2, 0) is 14.3 Å². The smallest absolute Gasteiger partial charge is 0.311 e. The van der Waals surface area contributed by atoms with Gasteiger partial charge in [0.2, 0.25) is 0 Å². The van der Waals surface area contributed by atoms with Gasteiger partial charge in [-0.1, -0.05) is 84.4 Å². The third kappa shape index (κ3) is 6.52. The number of aliphatic hydroxyl groups is 1. The Bertz CT molecular complexity index is 1410. The number of carbonyl (C=O) groups is 2. The molecule has 1 fully saturated rings. The summed E-state index contributed by atoms with van der Waals surface area (Å²) in [6.45, 7) is 1.42. The van der Waals surface area contributed by atoms with Crippen molar-refractivity contribution in [1.82, 2.24) is 5.32 Å². The Kier molecular flexibility index (Phi) is 11.2. The number of hydrogen-bond acceptors (Lipinski definition) is 6. The largest absolute Gasteiger partial charge is 0.481 e. The summed E-state index contributed by atoms with van der Waals surface area (Å²) in [7, 11) is 0. The van der Waals surface area contributed by atoms with Crippen molar-refractivity contribution in [3.63, 3.8) is 0 Å². The zero-order valence-electron chi connectivity index (χ0n) is 24.7. The predicted octanol–water partition coefficient (Wildman–Crippen LogP) is 5.85. The van der Waals surface area contributed by atoms with Crippen LogP contribution < -0.4 is 5.32 Å². The molecule has 4 rings (SSSR count). The number of piperidine rings is 1. The number of rotatable bonds is 14. The van der Waals surface area contributed by atoms with E-state index in [0.29, 0.717) is 17.0 Å². The molecule has 44 heavy (non-hydrogen) atoms. The molecule has 1 aliphatic heterocycles. The molecule has 4 N–H and O–H groups in total. The van der Waals surface area contributed by atoms with E-state index in [1.165, 1.54) is 0 Å². The molecule has 0 spiro atoms. The van der Waals surface area contributed by atoms with E-state index in [0.717, 1.165) is 11.1 Å². The molecule has 5 atom stereocenters. The van der Waals surface area contributed by atoms with Crippen molar-refractivity contribution in [2.24, 2.45) is 10.8 Å². The Labute approximate surface area is 263 Å². The molecule has 5 unspecified atom stereocenters. The number of carboxylic acid groups (broad SMARTS) is 2. The summed E-state index contributed by atoms with van der Waals surface area (Å²) in [5, 5.41) is 45.1. The van der Waals surface area contributed by atoms with Gasteiger partial charge in [0.05, 0.1) is 36.7 Å². The second kappa shape index (κ2) is 14.8. The number of ether oxygens (including phenoxy) is 1. The normalized spacial score (nSPS) is 24.9. The average molecular weight is 619 g/mol. The Morgan fingerprint density at radius 2 is 1.57 bits per heavy atom. The van der Waals surface area contributed by atoms with Crippen molar-refractivity contribution in [3.05, 3.63) is 107 Å². The van der Waals surface area contributed by atoms with Gasteiger partial charge < -0.3 is 25.4 Å². The van der Waals surface area contributed by atoms with Crippen LogP contribution in [0.15, 0.2) is 84.9 Å². The van der Waals surface area contributed by atoms with Crippen molar-refractivity contribution in [2.45, 2.75) is 56.5 Å². The van der Waals surface area contributed by atoms with Gasteiger partial charge in [0.15, 0.2) is 0 Å². The lowest BCUT2D eigenvalue weighted by molar-refractivity contribution is -0.177. The van der Waals surface area contributed by atoms with E-state index in [1.807, 2.05) is 60.7 Å². The Hall–Kier alpha value is -3.74. The molecule has 0 aliphatic carbocycles. The number of halogens is 1. The minimum atomic E-state index is -1.71. The van der Waals surface area contributed by atoms with Gasteiger partial charge in [0, 0.05) is 35.4 Å². The molecule has 0 bridgehead atoms. The van der Waals surface area contributed by atoms with Gasteiger partial charge in [0.1, 0.15) is 0 Å². The number of aliphatic hydroxyl groups excluding tert-OH is 1. The third-order valence-electron chi connectivity index (χ3n) is 9.28. The molecule has 9 heteroatoms. The summed E-state index contributed by atoms with van der Waals surface area (Å²) in [5.41, 5.74) is -0.865. The van der Waals surface area contributed by atoms with Crippen LogP contribution in [0.5, 0.6) is 0 Å². The monoisotopic (exact) mass is 618 g/mol. The summed E-state index contributed by atoms with van der Waals surface area (Å²) < 4.78 is 5.77. The van der Waals surface area contributed by atoms with E-state index in [4.69, 9.17) is 16.3 Å². The van der Waals surface area contributed by atoms with E-state index in [1.54, 1.807) is 31.2 Å². The van der Waals surface area contributed by atoms with Crippen molar-refractivity contribution in [3.8, 4) is 6.07 Å². The standard InChI is InChI=1S/C35H39ClN2O6/c1-24-34(32(40)41,17-9-19-37)31(27-14-8-15-28(36)22-27)35(33(42)43,30(38-24)23-44-21-20-39)18-16-29(25-10-4-2-5-11-25)26-12-6-3-7-13-26/h2-8,10-15,22,24,29-31,38-39H,9,16-18,20-21,23H2,1H3,(H,40,41)(H,42,43). The van der Waals surface area contributed by atoms with Crippen molar-refractivity contribution >= 4 is 23.5 Å². The van der Waals surface area contributed by atoms with Crippen molar-refractivity contribution in [2.75, 3.05) is 19.8 Å². The first-order valence-corrected chi connectivity index (χ1v) is 15.2. The fourth-order valence-corrected chi connectivity index (χ4v) is 7.47. The SMILES string of the molecule is CC1NC(COCCO)C(CCC(c2ccccc2)c2ccccc2)(C(=O)O)C(c2cccc(Cl)c2)C1(CCC#N)C(=O)O. The molecule has 8 nitrogen and oxygen atoms in total. The minimum Gasteiger partial charge on any atom is -0.481 e. The second-order valence-corrected chi connectivity index (χ2v) is 11.9. The predicted molar refractivity (Wildman–Crippen MR) is 167 cm³/mol. The molecule has 3 aromatic carbocycles. The molecule has 0 radical (unpaired) electrons. The maximum atomic E-state index is 13.9. The molecule has 1 saturated heterocycles. The average Bonchev–Trinajstić information content (AvgIpc) is 3.02. The van der Waals surface area contributed by atoms with E-state index in [9.17, 15) is 30.2 Å². The fourth-order valence-electron chi connectivity index (χ4n) is 7.27. The van der Waals surface area contributed by atoms with Gasteiger partial charge in [-0.05, 0) is 55.0 Å². The number of carboxylic acids is 2. The third-order valence-corrected chi connectivity index (χ3v) is 9.51. The highest BCUT2D eigenvalue weighted by Gasteiger charge is 2.67. The highest BCUT2D eigenvalue weighted by atomic mass is 35.5. The van der Waals surface area contributed by atoms with Crippen LogP contribution in [0.1, 0.15) is 61.1 Å². The van der Waals surface area contributed by atoms with E-state index < -0.39 is 40.8 Å². The quantitative estimate of drug-likeness (QED) is 0.165. The number of aliphatic carboxylic acids is 2. The maximum absolute atomic E-state index is 13.9. The summed E-state index contributed by atoms with van der Waals surface area (Å²) in [4.78, 5) is 27.4. The maximum Gasteiger partial charge on any atom is 0.311 e. The summed E-state index contributed by atoms with van der Waals surface area (Å²) in [5.74, 6) is -3.60. The number of nitriles is 1. The first-order valence-electron chi connectivity index (χ1n) is 14.9. The summed E-state index contributed by atoms with van der Waals surface area (Å²) >= 11 is 6.46. The molecule has 1 aliphatic rings. The highest BCUT2D eigenvalue weighted by molar-refractivity contribution is 6.30. The lowest BCUT2D eigenvalue weighted by Crippen LogP contribution is -2.71. The molecule has 1 heterocycles. The van der Waals surface area contributed by atoms with Crippen LogP contribution in [-0.4, -0.2) is 59.2 Å². The molecule has 3 aromatic rings. The number of nitrogens with zero attached hydrogens (tertiary/aromatic N) is 1. The van der Waals surface area contributed by atoms with E-state index in [2.05, 4.69) is 11.4 Å². The zero-order valence-corrected chi connectivity index (χ0v) is 25.5. The van der Waals surface area contributed by atoms with Gasteiger partial charge in [0.25, 0.3) is 0 Å². The summed E-state index contributed by atoms with van der Waals surface area (Å²) in [6.07, 6.45) is 0.331. The van der Waals surface area contributed by atoms with Crippen LogP contribution in [0.2, 0.25) is 5.02 Å². The van der Waals surface area contributed by atoms with Crippen LogP contribution >= 0.6 is 11.6 Å². The number of hydrogen-bond donors (Lipinski definition) is 4. The number of benzene rings is 3. The first kappa shape index (κ1) is 33.2. The lowest BCUT2D eigenvalue weighted by atomic mass is 9.49. The minimum absolute atomic E-state index is 0.000741. The number of nitrogens with one attached hydrogen (secondary N) is 1. The molecule has 0 amide bonds. The van der Waals surface area contributed by atoms with E-state index >= 15 is 0 Å². The van der Waals surface area contributed by atoms with Gasteiger partial charge in [-0.3, -0.25) is 9.59 Å². The van der Waals surface area contributed by atoms with Gasteiger partial charge in [-0.25, -0.2) is 0 Å².